The summed E-state index contributed by atoms with van der Waals surface area (Å²) in [5.41, 5.74) is 6.74. The highest BCUT2D eigenvalue weighted by atomic mass is 16.7. The van der Waals surface area contributed by atoms with Gasteiger partial charge in [0.2, 0.25) is 5.88 Å². The molecule has 0 bridgehead atoms. The van der Waals surface area contributed by atoms with Crippen LogP contribution in [0.3, 0.4) is 0 Å². The summed E-state index contributed by atoms with van der Waals surface area (Å²) in [7, 11) is 1.79. The molecule has 0 amide bonds. The third-order valence-electron chi connectivity index (χ3n) is 8.16. The largest absolute Gasteiger partial charge is 0.478 e. The summed E-state index contributed by atoms with van der Waals surface area (Å²) in [5, 5.41) is 11.0. The van der Waals surface area contributed by atoms with Crippen molar-refractivity contribution < 1.29 is 9.57 Å². The number of imidazole rings is 1. The molecule has 9 heteroatoms. The van der Waals surface area contributed by atoms with Crippen molar-refractivity contribution in [2.45, 2.75) is 79.1 Å². The van der Waals surface area contributed by atoms with E-state index in [2.05, 4.69) is 63.2 Å². The van der Waals surface area contributed by atoms with Crippen molar-refractivity contribution in [2.24, 2.45) is 23.4 Å². The first kappa shape index (κ1) is 28.2. The predicted octanol–water partition coefficient (Wildman–Crippen LogP) is 2.82. The molecule has 5 rings (SSSR count). The van der Waals surface area contributed by atoms with Crippen molar-refractivity contribution in [1.82, 2.24) is 19.5 Å². The molecule has 1 N–H and O–H groups in total. The maximum absolute atomic E-state index is 13.2. The van der Waals surface area contributed by atoms with Gasteiger partial charge in [-0.2, -0.15) is 5.26 Å². The molecule has 0 aliphatic carbocycles. The van der Waals surface area contributed by atoms with Crippen LogP contribution in [0.2, 0.25) is 0 Å². The minimum absolute atomic E-state index is 0.0284. The standard InChI is InChI=1S/C31H42N6O3/c1-8-39-28-23-18-36(16-20(2)26(23)40-34-28)17-21-11-12-22(15-32)24(14-21)31(6)13-9-10-25-27(33-31)35(7)29(38)37(25)19-30(3,4)5/h10-12,14,20,26,34H,8-9,13,16-19H2,1-7H3. The number of fused-ring (bicyclic) bond motifs is 2. The van der Waals surface area contributed by atoms with Gasteiger partial charge in [0, 0.05) is 44.7 Å². The van der Waals surface area contributed by atoms with Crippen LogP contribution in [-0.4, -0.2) is 39.8 Å². The second-order valence-electron chi connectivity index (χ2n) is 12.9. The molecule has 0 radical (unpaired) electrons. The average molecular weight is 547 g/mol. The molecule has 214 valence electrons. The smallest absolute Gasteiger partial charge is 0.330 e. The molecule has 2 aromatic rings. The van der Waals surface area contributed by atoms with Gasteiger partial charge in [-0.1, -0.05) is 45.9 Å². The molecule has 1 aromatic carbocycles. The Kier molecular flexibility index (Phi) is 7.45. The Labute approximate surface area is 236 Å². The Morgan fingerprint density at radius 1 is 1.32 bits per heavy atom. The fourth-order valence-electron chi connectivity index (χ4n) is 6.29. The van der Waals surface area contributed by atoms with E-state index in [9.17, 15) is 10.1 Å². The summed E-state index contributed by atoms with van der Waals surface area (Å²) < 4.78 is 9.30. The van der Waals surface area contributed by atoms with Crippen LogP contribution >= 0.6 is 0 Å². The van der Waals surface area contributed by atoms with Crippen LogP contribution in [0.15, 0.2) is 39.4 Å². The van der Waals surface area contributed by atoms with Crippen molar-refractivity contribution in [3.8, 4) is 6.07 Å². The highest BCUT2D eigenvalue weighted by Gasteiger charge is 2.38. The minimum atomic E-state index is -0.644. The van der Waals surface area contributed by atoms with Gasteiger partial charge in [-0.15, -0.1) is 0 Å². The van der Waals surface area contributed by atoms with Gasteiger partial charge in [-0.25, -0.2) is 10.3 Å². The lowest BCUT2D eigenvalue weighted by molar-refractivity contribution is -0.0265. The number of hydrogen-bond acceptors (Lipinski definition) is 7. The summed E-state index contributed by atoms with van der Waals surface area (Å²) >= 11 is 0. The number of nitrogens with zero attached hydrogens (tertiary/aromatic N) is 5. The molecule has 0 saturated carbocycles. The highest BCUT2D eigenvalue weighted by Crippen LogP contribution is 2.35. The molecule has 3 aliphatic rings. The second kappa shape index (κ2) is 10.6. The Bertz CT molecular complexity index is 1550. The first-order chi connectivity index (χ1) is 18.9. The SMILES string of the molecule is CCOC1=C2CN(Cc3ccc(C#N)c(C4(C)CCC=c5c(n(C)c(=O)n5CC(C)(C)C)=N4)c3)CC(C)C2ON1. The minimum Gasteiger partial charge on any atom is -0.478 e. The number of ether oxygens (including phenoxy) is 1. The predicted molar refractivity (Wildman–Crippen MR) is 153 cm³/mol. The lowest BCUT2D eigenvalue weighted by Crippen LogP contribution is -2.43. The lowest BCUT2D eigenvalue weighted by atomic mass is 9.84. The van der Waals surface area contributed by atoms with Gasteiger partial charge < -0.3 is 4.74 Å². The number of hydrogen-bond donors (Lipinski definition) is 1. The Morgan fingerprint density at radius 3 is 2.80 bits per heavy atom. The molecule has 4 heterocycles. The van der Waals surface area contributed by atoms with E-state index in [4.69, 9.17) is 14.6 Å². The van der Waals surface area contributed by atoms with Crippen molar-refractivity contribution in [2.75, 3.05) is 19.7 Å². The van der Waals surface area contributed by atoms with Gasteiger partial charge in [0.1, 0.15) is 6.10 Å². The van der Waals surface area contributed by atoms with Gasteiger partial charge in [0.15, 0.2) is 5.49 Å². The van der Waals surface area contributed by atoms with Crippen LogP contribution in [0.25, 0.3) is 6.08 Å². The summed E-state index contributed by atoms with van der Waals surface area (Å²) in [6.45, 7) is 16.3. The fourth-order valence-corrected chi connectivity index (χ4v) is 6.29. The molecule has 3 atom stereocenters. The van der Waals surface area contributed by atoms with Crippen LogP contribution in [0.1, 0.15) is 71.1 Å². The normalized spacial score (nSPS) is 24.8. The van der Waals surface area contributed by atoms with E-state index >= 15 is 0 Å². The van der Waals surface area contributed by atoms with Crippen LogP contribution in [-0.2, 0) is 35.3 Å². The molecular formula is C31H42N6O3. The maximum Gasteiger partial charge on any atom is 0.330 e. The molecular weight excluding hydrogens is 504 g/mol. The molecule has 3 unspecified atom stereocenters. The van der Waals surface area contributed by atoms with E-state index in [1.54, 1.807) is 11.6 Å². The zero-order valence-electron chi connectivity index (χ0n) is 24.9. The van der Waals surface area contributed by atoms with Crippen molar-refractivity contribution in [3.05, 3.63) is 67.7 Å². The molecule has 0 spiro atoms. The molecule has 3 aliphatic heterocycles. The molecule has 1 fully saturated rings. The van der Waals surface area contributed by atoms with E-state index in [1.165, 1.54) is 0 Å². The summed E-state index contributed by atoms with van der Waals surface area (Å²) in [6, 6.07) is 8.53. The van der Waals surface area contributed by atoms with Gasteiger partial charge in [0.05, 0.1) is 29.1 Å². The van der Waals surface area contributed by atoms with E-state index in [-0.39, 0.29) is 17.2 Å². The first-order valence-electron chi connectivity index (χ1n) is 14.3. The zero-order valence-corrected chi connectivity index (χ0v) is 24.9. The number of aromatic nitrogens is 2. The number of rotatable bonds is 6. The quantitative estimate of drug-likeness (QED) is 0.599. The fraction of sp³-hybridized carbons (Fsp3) is 0.581. The molecule has 1 aromatic heterocycles. The monoisotopic (exact) mass is 546 g/mol. The molecule has 40 heavy (non-hydrogen) atoms. The van der Waals surface area contributed by atoms with Gasteiger partial charge in [0.25, 0.3) is 0 Å². The van der Waals surface area contributed by atoms with Crippen LogP contribution in [0.4, 0.5) is 0 Å². The number of hydroxylamine groups is 1. The lowest BCUT2D eigenvalue weighted by Gasteiger charge is -2.35. The van der Waals surface area contributed by atoms with Crippen molar-refractivity contribution in [1.29, 1.82) is 5.26 Å². The highest BCUT2D eigenvalue weighted by molar-refractivity contribution is 5.45. The third-order valence-corrected chi connectivity index (χ3v) is 8.16. The van der Waals surface area contributed by atoms with E-state index < -0.39 is 5.54 Å². The zero-order chi connectivity index (χ0) is 28.8. The Balaban J connectivity index is 1.51. The Morgan fingerprint density at radius 2 is 2.10 bits per heavy atom. The Hall–Kier alpha value is -3.35. The summed E-state index contributed by atoms with van der Waals surface area (Å²) in [4.78, 5) is 26.7. The van der Waals surface area contributed by atoms with Crippen molar-refractivity contribution in [3.63, 3.8) is 0 Å². The first-order valence-corrected chi connectivity index (χ1v) is 14.3. The van der Waals surface area contributed by atoms with Crippen LogP contribution in [0.5, 0.6) is 0 Å². The average Bonchev–Trinajstić information content (AvgIpc) is 3.31. The van der Waals surface area contributed by atoms with Crippen LogP contribution in [0, 0.1) is 22.7 Å². The topological polar surface area (TPSA) is 96.8 Å². The molecule has 9 nitrogen and oxygen atoms in total. The maximum atomic E-state index is 13.2. The summed E-state index contributed by atoms with van der Waals surface area (Å²) in [6.07, 6.45) is 3.68. The second-order valence-corrected chi connectivity index (χ2v) is 12.9. The van der Waals surface area contributed by atoms with E-state index in [1.807, 2.05) is 23.6 Å². The van der Waals surface area contributed by atoms with Gasteiger partial charge >= 0.3 is 5.69 Å². The van der Waals surface area contributed by atoms with Gasteiger partial charge in [-0.05, 0) is 49.3 Å². The molecule has 1 saturated heterocycles. The van der Waals surface area contributed by atoms with Gasteiger partial charge in [-0.3, -0.25) is 23.9 Å². The van der Waals surface area contributed by atoms with E-state index in [0.717, 1.165) is 60.4 Å². The number of benzene rings is 1. The number of nitrogens with one attached hydrogen (secondary N) is 1. The summed E-state index contributed by atoms with van der Waals surface area (Å²) in [5.74, 6) is 1.05. The van der Waals surface area contributed by atoms with Crippen LogP contribution < -0.4 is 22.0 Å². The number of nitriles is 1. The number of likely N-dealkylation sites (tertiary alicyclic amines) is 1. The number of piperidine rings is 1. The van der Waals surface area contributed by atoms with E-state index in [0.29, 0.717) is 30.1 Å². The van der Waals surface area contributed by atoms with Crippen molar-refractivity contribution >= 4 is 6.08 Å². The third kappa shape index (κ3) is 5.23.